The van der Waals surface area contributed by atoms with Gasteiger partial charge in [0.25, 0.3) is 0 Å². The summed E-state index contributed by atoms with van der Waals surface area (Å²) in [5.74, 6) is 0. The minimum Gasteiger partial charge on any atom is -0.378 e. The third-order valence-corrected chi connectivity index (χ3v) is 6.06. The highest BCUT2D eigenvalue weighted by molar-refractivity contribution is 7.80. The van der Waals surface area contributed by atoms with Crippen LogP contribution in [0.1, 0.15) is 23.5 Å². The van der Waals surface area contributed by atoms with Gasteiger partial charge in [0.15, 0.2) is 5.11 Å². The fourth-order valence-electron chi connectivity index (χ4n) is 4.21. The highest BCUT2D eigenvalue weighted by atomic mass is 32.1. The Hall–Kier alpha value is -3.71. The lowest BCUT2D eigenvalue weighted by Crippen LogP contribution is -2.30. The Labute approximate surface area is 193 Å². The molecule has 1 aliphatic heterocycles. The summed E-state index contributed by atoms with van der Waals surface area (Å²) in [6, 6.07) is 22.5. The van der Waals surface area contributed by atoms with E-state index in [1.165, 1.54) is 0 Å². The molecule has 1 aliphatic rings. The summed E-state index contributed by atoms with van der Waals surface area (Å²) in [4.78, 5) is 13.2. The molecule has 160 valence electrons. The van der Waals surface area contributed by atoms with E-state index in [4.69, 9.17) is 12.2 Å². The molecule has 6 nitrogen and oxygen atoms in total. The Morgan fingerprint density at radius 2 is 1.75 bits per heavy atom. The molecule has 4 aromatic rings. The molecule has 0 bridgehead atoms. The molecule has 0 radical (unpaired) electrons. The van der Waals surface area contributed by atoms with E-state index < -0.39 is 0 Å². The summed E-state index contributed by atoms with van der Waals surface area (Å²) in [5, 5.41) is 4.21. The van der Waals surface area contributed by atoms with Crippen molar-refractivity contribution in [3.63, 3.8) is 0 Å². The predicted molar refractivity (Wildman–Crippen MR) is 132 cm³/mol. The molecule has 1 N–H and O–H groups in total. The van der Waals surface area contributed by atoms with Crippen molar-refractivity contribution in [2.45, 2.75) is 12.1 Å². The first-order chi connectivity index (χ1) is 15.6. The maximum absolute atomic E-state index is 5.85. The third-order valence-electron chi connectivity index (χ3n) is 5.75. The second-order valence-corrected chi connectivity index (χ2v) is 8.31. The number of hydrogen-bond donors (Lipinski definition) is 1. The molecule has 32 heavy (non-hydrogen) atoms. The van der Waals surface area contributed by atoms with Gasteiger partial charge in [-0.1, -0.05) is 6.07 Å². The largest absolute Gasteiger partial charge is 0.378 e. The van der Waals surface area contributed by atoms with E-state index in [0.29, 0.717) is 5.11 Å². The highest BCUT2D eigenvalue weighted by Crippen LogP contribution is 2.42. The summed E-state index contributed by atoms with van der Waals surface area (Å²) in [5.41, 5.74) is 5.25. The Morgan fingerprint density at radius 1 is 0.906 bits per heavy atom. The zero-order valence-corrected chi connectivity index (χ0v) is 18.8. The molecule has 0 aliphatic carbocycles. The Kier molecular flexibility index (Phi) is 5.33. The van der Waals surface area contributed by atoms with Crippen molar-refractivity contribution in [3.8, 4) is 5.69 Å². The summed E-state index contributed by atoms with van der Waals surface area (Å²) < 4.78 is 2.17. The smallest absolute Gasteiger partial charge is 0.174 e. The normalized spacial score (nSPS) is 17.9. The molecule has 4 heterocycles. The molecule has 1 saturated heterocycles. The fraction of sp³-hybridized carbons (Fsp3) is 0.160. The molecule has 5 rings (SSSR count). The van der Waals surface area contributed by atoms with Crippen LogP contribution in [0.4, 0.5) is 11.4 Å². The lowest BCUT2D eigenvalue weighted by atomic mass is 10.0. The zero-order chi connectivity index (χ0) is 22.1. The highest BCUT2D eigenvalue weighted by Gasteiger charge is 2.42. The molecule has 1 aromatic carbocycles. The van der Waals surface area contributed by atoms with Crippen LogP contribution in [0.25, 0.3) is 5.69 Å². The van der Waals surface area contributed by atoms with E-state index in [9.17, 15) is 0 Å². The van der Waals surface area contributed by atoms with E-state index in [2.05, 4.69) is 78.3 Å². The van der Waals surface area contributed by atoms with Gasteiger partial charge in [0.05, 0.1) is 23.6 Å². The van der Waals surface area contributed by atoms with Crippen LogP contribution in [-0.4, -0.2) is 33.7 Å². The van der Waals surface area contributed by atoms with Crippen LogP contribution in [0, 0.1) is 0 Å². The SMILES string of the molecule is CN(C)c1ccc(N2C(=S)N[C@H](c3ccccn3)[C@H]2c2cccn2-c2cccnc2)cc1. The average molecular weight is 441 g/mol. The van der Waals surface area contributed by atoms with Crippen LogP contribution in [0.3, 0.4) is 0 Å². The van der Waals surface area contributed by atoms with Crippen molar-refractivity contribution in [2.75, 3.05) is 23.9 Å². The molecule has 2 atom stereocenters. The van der Waals surface area contributed by atoms with Crippen LogP contribution in [0.2, 0.25) is 0 Å². The molecular formula is C25H24N6S. The van der Waals surface area contributed by atoms with Crippen LogP contribution in [0.5, 0.6) is 0 Å². The van der Waals surface area contributed by atoms with Crippen molar-refractivity contribution < 1.29 is 0 Å². The van der Waals surface area contributed by atoms with Gasteiger partial charge in [-0.05, 0) is 72.9 Å². The van der Waals surface area contributed by atoms with E-state index in [1.54, 1.807) is 6.20 Å². The van der Waals surface area contributed by atoms with E-state index in [-0.39, 0.29) is 12.1 Å². The van der Waals surface area contributed by atoms with Crippen molar-refractivity contribution in [3.05, 3.63) is 103 Å². The number of rotatable bonds is 5. The van der Waals surface area contributed by atoms with Gasteiger partial charge in [-0.3, -0.25) is 9.97 Å². The predicted octanol–water partition coefficient (Wildman–Crippen LogP) is 4.51. The number of hydrogen-bond acceptors (Lipinski definition) is 4. The second-order valence-electron chi connectivity index (χ2n) is 7.92. The average Bonchev–Trinajstić information content (AvgIpc) is 3.44. The van der Waals surface area contributed by atoms with Crippen LogP contribution >= 0.6 is 12.2 Å². The van der Waals surface area contributed by atoms with Gasteiger partial charge in [0.2, 0.25) is 0 Å². The topological polar surface area (TPSA) is 49.2 Å². The monoisotopic (exact) mass is 440 g/mol. The van der Waals surface area contributed by atoms with Crippen LogP contribution < -0.4 is 15.1 Å². The number of thiocarbonyl (C=S) groups is 1. The van der Waals surface area contributed by atoms with Crippen LogP contribution in [-0.2, 0) is 0 Å². The van der Waals surface area contributed by atoms with Gasteiger partial charge in [0, 0.05) is 49.8 Å². The summed E-state index contributed by atoms with van der Waals surface area (Å²) in [7, 11) is 4.08. The zero-order valence-electron chi connectivity index (χ0n) is 18.0. The second kappa shape index (κ2) is 8.43. The van der Waals surface area contributed by atoms with E-state index in [0.717, 1.165) is 28.5 Å². The number of nitrogens with one attached hydrogen (secondary N) is 1. The number of benzene rings is 1. The fourth-order valence-corrected chi connectivity index (χ4v) is 4.56. The molecular weight excluding hydrogens is 416 g/mol. The van der Waals surface area contributed by atoms with Crippen molar-refractivity contribution in [1.29, 1.82) is 0 Å². The Balaban J connectivity index is 1.64. The third kappa shape index (κ3) is 3.61. The molecule has 0 saturated carbocycles. The first-order valence-electron chi connectivity index (χ1n) is 10.5. The summed E-state index contributed by atoms with van der Waals surface area (Å²) in [6.45, 7) is 0. The molecule has 7 heteroatoms. The van der Waals surface area contributed by atoms with Crippen molar-refractivity contribution >= 4 is 28.7 Å². The minimum absolute atomic E-state index is 0.0854. The number of aromatic nitrogens is 3. The van der Waals surface area contributed by atoms with Gasteiger partial charge in [-0.15, -0.1) is 0 Å². The first kappa shape index (κ1) is 20.2. The van der Waals surface area contributed by atoms with Crippen molar-refractivity contribution in [2.24, 2.45) is 0 Å². The molecule has 1 fully saturated rings. The lowest BCUT2D eigenvalue weighted by molar-refractivity contribution is 0.549. The van der Waals surface area contributed by atoms with Gasteiger partial charge < -0.3 is 19.7 Å². The van der Waals surface area contributed by atoms with Gasteiger partial charge in [0.1, 0.15) is 6.04 Å². The quantitative estimate of drug-likeness (QED) is 0.461. The minimum atomic E-state index is -0.0949. The maximum atomic E-state index is 5.85. The molecule has 3 aromatic heterocycles. The van der Waals surface area contributed by atoms with E-state index in [1.807, 2.05) is 50.8 Å². The Bertz CT molecular complexity index is 1200. The van der Waals surface area contributed by atoms with Gasteiger partial charge >= 0.3 is 0 Å². The molecule has 0 unspecified atom stereocenters. The summed E-state index contributed by atoms with van der Waals surface area (Å²) >= 11 is 5.85. The molecule has 0 amide bonds. The van der Waals surface area contributed by atoms with Gasteiger partial charge in [-0.2, -0.15) is 0 Å². The Morgan fingerprint density at radius 3 is 2.44 bits per heavy atom. The van der Waals surface area contributed by atoms with Gasteiger partial charge in [-0.25, -0.2) is 0 Å². The standard InChI is InChI=1S/C25H24N6S/c1-29(2)18-10-12-19(13-11-18)31-24(23(28-25(31)32)21-8-3-4-15-27-21)22-9-6-16-30(22)20-7-5-14-26-17-20/h3-17,23-24H,1-2H3,(H,28,32)/t23-,24-/m1/s1. The summed E-state index contributed by atoms with van der Waals surface area (Å²) in [6.07, 6.45) is 7.55. The lowest BCUT2D eigenvalue weighted by Gasteiger charge is -2.29. The van der Waals surface area contributed by atoms with Crippen molar-refractivity contribution in [1.82, 2.24) is 19.9 Å². The number of anilines is 2. The van der Waals surface area contributed by atoms with Crippen LogP contribution in [0.15, 0.2) is 91.5 Å². The molecule has 0 spiro atoms. The maximum Gasteiger partial charge on any atom is 0.174 e. The number of pyridine rings is 2. The van der Waals surface area contributed by atoms with E-state index >= 15 is 0 Å². The first-order valence-corrected chi connectivity index (χ1v) is 10.9. The number of nitrogens with zero attached hydrogens (tertiary/aromatic N) is 5.